The van der Waals surface area contributed by atoms with Gasteiger partial charge in [0.2, 0.25) is 0 Å². The average molecular weight is 302 g/mol. The van der Waals surface area contributed by atoms with Gasteiger partial charge in [-0.15, -0.1) is 0 Å². The second-order valence-electron chi connectivity index (χ2n) is 7.49. The number of carbonyl (C=O) groups excluding carboxylic acids is 1. The second kappa shape index (κ2) is 5.92. The zero-order valence-corrected chi connectivity index (χ0v) is 13.7. The minimum absolute atomic E-state index is 0.151. The molecule has 2 fully saturated rings. The highest BCUT2D eigenvalue weighted by molar-refractivity contribution is 5.69. The molecule has 0 unspecified atom stereocenters. The van der Waals surface area contributed by atoms with E-state index >= 15 is 0 Å². The smallest absolute Gasteiger partial charge is 0.410 e. The summed E-state index contributed by atoms with van der Waals surface area (Å²) in [6, 6.07) is 11.3. The molecule has 1 aliphatic heterocycles. The lowest BCUT2D eigenvalue weighted by molar-refractivity contribution is 0.0174. The molecule has 2 aliphatic rings. The van der Waals surface area contributed by atoms with Gasteiger partial charge in [-0.3, -0.25) is 0 Å². The van der Waals surface area contributed by atoms with Crippen LogP contribution in [-0.2, 0) is 11.3 Å². The summed E-state index contributed by atoms with van der Waals surface area (Å²) in [7, 11) is 0. The van der Waals surface area contributed by atoms with Gasteiger partial charge in [0.15, 0.2) is 0 Å². The third-order valence-electron chi connectivity index (χ3n) is 4.58. The van der Waals surface area contributed by atoms with E-state index in [4.69, 9.17) is 4.74 Å². The van der Waals surface area contributed by atoms with Crippen LogP contribution >= 0.6 is 0 Å². The Hall–Kier alpha value is -1.55. The third-order valence-corrected chi connectivity index (χ3v) is 4.58. The van der Waals surface area contributed by atoms with Gasteiger partial charge in [0.1, 0.15) is 5.60 Å². The molecule has 1 N–H and O–H groups in total. The van der Waals surface area contributed by atoms with E-state index < -0.39 is 5.60 Å². The molecule has 1 saturated carbocycles. The fraction of sp³-hybridized carbons (Fsp3) is 0.611. The Kier molecular flexibility index (Phi) is 4.13. The first kappa shape index (κ1) is 15.3. The molecule has 1 aromatic rings. The van der Waals surface area contributed by atoms with Crippen molar-refractivity contribution in [1.29, 1.82) is 0 Å². The molecule has 22 heavy (non-hydrogen) atoms. The van der Waals surface area contributed by atoms with Crippen molar-refractivity contribution in [3.8, 4) is 0 Å². The number of hydrogen-bond acceptors (Lipinski definition) is 3. The minimum Gasteiger partial charge on any atom is -0.444 e. The maximum Gasteiger partial charge on any atom is 0.410 e. The highest BCUT2D eigenvalue weighted by Gasteiger charge is 2.47. The van der Waals surface area contributed by atoms with Crippen LogP contribution in [0.2, 0.25) is 0 Å². The molecule has 4 nitrogen and oxygen atoms in total. The molecule has 1 heterocycles. The molecule has 120 valence electrons. The third kappa shape index (κ3) is 3.43. The van der Waals surface area contributed by atoms with E-state index in [-0.39, 0.29) is 6.09 Å². The van der Waals surface area contributed by atoms with Crippen LogP contribution in [0, 0.1) is 5.92 Å². The van der Waals surface area contributed by atoms with Gasteiger partial charge in [0.25, 0.3) is 0 Å². The van der Waals surface area contributed by atoms with E-state index in [1.807, 2.05) is 31.7 Å². The first-order valence-electron chi connectivity index (χ1n) is 8.19. The highest BCUT2D eigenvalue weighted by Crippen LogP contribution is 2.38. The van der Waals surface area contributed by atoms with Crippen LogP contribution in [0.4, 0.5) is 4.79 Å². The summed E-state index contributed by atoms with van der Waals surface area (Å²) in [5, 5.41) is 3.66. The molecular weight excluding hydrogens is 276 g/mol. The first-order valence-corrected chi connectivity index (χ1v) is 8.19. The maximum absolute atomic E-state index is 12.2. The molecule has 3 rings (SSSR count). The molecule has 1 saturated heterocycles. The summed E-state index contributed by atoms with van der Waals surface area (Å²) in [4.78, 5) is 14.1. The van der Waals surface area contributed by atoms with Gasteiger partial charge in [-0.1, -0.05) is 30.3 Å². The molecule has 4 heteroatoms. The Labute approximate surface area is 132 Å². The number of piperidine rings is 1. The lowest BCUT2D eigenvalue weighted by Crippen LogP contribution is -2.47. The standard InChI is InChI=1S/C18H26N2O2/c1-18(2,3)22-17(21)20-12-14-9-15(20)10-16(14)19-11-13-7-5-4-6-8-13/h4-8,14-16,19H,9-12H2,1-3H3/t14-,15+,16-/m1/s1. The number of ether oxygens (including phenoxy) is 1. The first-order chi connectivity index (χ1) is 10.4. The SMILES string of the molecule is CC(C)(C)OC(=O)N1C[C@H]2C[C@H]1C[C@H]2NCc1ccccc1. The van der Waals surface area contributed by atoms with Crippen molar-refractivity contribution in [2.24, 2.45) is 5.92 Å². The van der Waals surface area contributed by atoms with Crippen LogP contribution in [0.25, 0.3) is 0 Å². The van der Waals surface area contributed by atoms with Crippen molar-refractivity contribution in [1.82, 2.24) is 10.2 Å². The van der Waals surface area contributed by atoms with Crippen LogP contribution in [0.15, 0.2) is 30.3 Å². The van der Waals surface area contributed by atoms with Crippen LogP contribution in [0.1, 0.15) is 39.2 Å². The number of benzene rings is 1. The van der Waals surface area contributed by atoms with Gasteiger partial charge in [0, 0.05) is 25.2 Å². The predicted molar refractivity (Wildman–Crippen MR) is 86.5 cm³/mol. The summed E-state index contributed by atoms with van der Waals surface area (Å²) < 4.78 is 5.51. The summed E-state index contributed by atoms with van der Waals surface area (Å²) >= 11 is 0. The zero-order chi connectivity index (χ0) is 15.7. The summed E-state index contributed by atoms with van der Waals surface area (Å²) in [6.45, 7) is 7.49. The molecular formula is C18H26N2O2. The molecule has 3 atom stereocenters. The van der Waals surface area contributed by atoms with Crippen LogP contribution < -0.4 is 5.32 Å². The van der Waals surface area contributed by atoms with Gasteiger partial charge in [-0.25, -0.2) is 4.79 Å². The molecule has 0 spiro atoms. The van der Waals surface area contributed by atoms with Crippen molar-refractivity contribution < 1.29 is 9.53 Å². The average Bonchev–Trinajstić information content (AvgIpc) is 3.04. The molecule has 1 aliphatic carbocycles. The monoisotopic (exact) mass is 302 g/mol. The van der Waals surface area contributed by atoms with Crippen molar-refractivity contribution in [2.45, 2.75) is 57.8 Å². The van der Waals surface area contributed by atoms with Gasteiger partial charge >= 0.3 is 6.09 Å². The van der Waals surface area contributed by atoms with E-state index in [0.717, 1.165) is 25.9 Å². The number of fused-ring (bicyclic) bond motifs is 2. The van der Waals surface area contributed by atoms with E-state index in [1.54, 1.807) is 0 Å². The number of nitrogens with zero attached hydrogens (tertiary/aromatic N) is 1. The number of amides is 1. The van der Waals surface area contributed by atoms with Gasteiger partial charge in [-0.05, 0) is 45.1 Å². The predicted octanol–water partition coefficient (Wildman–Crippen LogP) is 3.17. The van der Waals surface area contributed by atoms with Gasteiger partial charge in [-0.2, -0.15) is 0 Å². The largest absolute Gasteiger partial charge is 0.444 e. The lowest BCUT2D eigenvalue weighted by Gasteiger charge is -2.33. The van der Waals surface area contributed by atoms with E-state index in [1.165, 1.54) is 5.56 Å². The van der Waals surface area contributed by atoms with Gasteiger partial charge in [0.05, 0.1) is 0 Å². The second-order valence-corrected chi connectivity index (χ2v) is 7.49. The number of likely N-dealkylation sites (tertiary alicyclic amines) is 1. The normalized spacial score (nSPS) is 27.2. The minimum atomic E-state index is -0.413. The Balaban J connectivity index is 1.50. The molecule has 1 amide bonds. The fourth-order valence-corrected chi connectivity index (χ4v) is 3.59. The van der Waals surface area contributed by atoms with Crippen molar-refractivity contribution in [2.75, 3.05) is 6.54 Å². The fourth-order valence-electron chi connectivity index (χ4n) is 3.59. The van der Waals surface area contributed by atoms with Crippen molar-refractivity contribution >= 4 is 6.09 Å². The topological polar surface area (TPSA) is 41.6 Å². The number of carbonyl (C=O) groups is 1. The van der Waals surface area contributed by atoms with Crippen molar-refractivity contribution in [3.05, 3.63) is 35.9 Å². The summed E-state index contributed by atoms with van der Waals surface area (Å²) in [5.74, 6) is 0.557. The van der Waals surface area contributed by atoms with E-state index in [0.29, 0.717) is 18.0 Å². The number of nitrogens with one attached hydrogen (secondary N) is 1. The van der Waals surface area contributed by atoms with E-state index in [2.05, 4.69) is 29.6 Å². The Morgan fingerprint density at radius 1 is 1.27 bits per heavy atom. The number of rotatable bonds is 3. The van der Waals surface area contributed by atoms with Crippen molar-refractivity contribution in [3.63, 3.8) is 0 Å². The quantitative estimate of drug-likeness (QED) is 0.932. The zero-order valence-electron chi connectivity index (χ0n) is 13.7. The number of hydrogen-bond donors (Lipinski definition) is 1. The van der Waals surface area contributed by atoms with Crippen LogP contribution in [0.3, 0.4) is 0 Å². The van der Waals surface area contributed by atoms with Crippen LogP contribution in [0.5, 0.6) is 0 Å². The molecule has 0 radical (unpaired) electrons. The summed E-state index contributed by atoms with van der Waals surface area (Å²) in [5.41, 5.74) is 0.901. The molecule has 2 bridgehead atoms. The maximum atomic E-state index is 12.2. The van der Waals surface area contributed by atoms with Crippen LogP contribution in [-0.4, -0.2) is 35.2 Å². The van der Waals surface area contributed by atoms with E-state index in [9.17, 15) is 4.79 Å². The van der Waals surface area contributed by atoms with Gasteiger partial charge < -0.3 is 15.0 Å². The lowest BCUT2D eigenvalue weighted by atomic mass is 10.0. The Morgan fingerprint density at radius 2 is 2.00 bits per heavy atom. The molecule has 0 aromatic heterocycles. The highest BCUT2D eigenvalue weighted by atomic mass is 16.6. The summed E-state index contributed by atoms with van der Waals surface area (Å²) in [6.07, 6.45) is 1.99. The Morgan fingerprint density at radius 3 is 2.59 bits per heavy atom. The molecule has 1 aromatic carbocycles. The Bertz CT molecular complexity index is 524.